The van der Waals surface area contributed by atoms with Crippen LogP contribution >= 0.6 is 0 Å². The highest BCUT2D eigenvalue weighted by atomic mass is 32.2. The molecule has 2 aromatic rings. The molecule has 114 valence electrons. The van der Waals surface area contributed by atoms with Crippen LogP contribution in [0.25, 0.3) is 10.8 Å². The van der Waals surface area contributed by atoms with Gasteiger partial charge in [0, 0.05) is 35.8 Å². The molecule has 2 rings (SSSR count). The van der Waals surface area contributed by atoms with Crippen molar-refractivity contribution in [1.82, 2.24) is 9.71 Å². The van der Waals surface area contributed by atoms with Gasteiger partial charge in [0.05, 0.1) is 4.90 Å². The SMILES string of the molecule is CC(C)CC(N)CNS(=O)(=O)c1cccc2cnccc12. The molecule has 1 aromatic heterocycles. The van der Waals surface area contributed by atoms with Gasteiger partial charge in [-0.25, -0.2) is 13.1 Å². The lowest BCUT2D eigenvalue weighted by molar-refractivity contribution is 0.486. The third-order valence-corrected chi connectivity index (χ3v) is 4.72. The summed E-state index contributed by atoms with van der Waals surface area (Å²) < 4.78 is 27.5. The van der Waals surface area contributed by atoms with Crippen molar-refractivity contribution < 1.29 is 8.42 Å². The highest BCUT2D eigenvalue weighted by molar-refractivity contribution is 7.89. The minimum atomic E-state index is -3.58. The third kappa shape index (κ3) is 4.00. The molecule has 0 aliphatic carbocycles. The van der Waals surface area contributed by atoms with E-state index in [9.17, 15) is 8.42 Å². The molecule has 0 aliphatic rings. The minimum absolute atomic E-state index is 0.184. The molecule has 0 amide bonds. The van der Waals surface area contributed by atoms with Crippen molar-refractivity contribution in [2.75, 3.05) is 6.54 Å². The fraction of sp³-hybridized carbons (Fsp3) is 0.400. The Bertz CT molecular complexity index is 708. The minimum Gasteiger partial charge on any atom is -0.327 e. The second-order valence-electron chi connectivity index (χ2n) is 5.59. The molecule has 0 saturated heterocycles. The first kappa shape index (κ1) is 15.9. The average Bonchev–Trinajstić information content (AvgIpc) is 2.44. The zero-order valence-corrected chi connectivity index (χ0v) is 13.1. The Labute approximate surface area is 125 Å². The maximum Gasteiger partial charge on any atom is 0.241 e. The van der Waals surface area contributed by atoms with Crippen LogP contribution in [0.1, 0.15) is 20.3 Å². The first-order valence-corrected chi connectivity index (χ1v) is 8.46. The lowest BCUT2D eigenvalue weighted by Gasteiger charge is -2.15. The van der Waals surface area contributed by atoms with E-state index >= 15 is 0 Å². The topological polar surface area (TPSA) is 85.1 Å². The Morgan fingerprint density at radius 3 is 2.76 bits per heavy atom. The monoisotopic (exact) mass is 307 g/mol. The molecular weight excluding hydrogens is 286 g/mol. The maximum atomic E-state index is 12.4. The van der Waals surface area contributed by atoms with E-state index in [4.69, 9.17) is 5.73 Å². The molecular formula is C15H21N3O2S. The molecule has 0 bridgehead atoms. The molecule has 0 radical (unpaired) electrons. The normalized spacial score (nSPS) is 13.7. The maximum absolute atomic E-state index is 12.4. The summed E-state index contributed by atoms with van der Waals surface area (Å²) in [4.78, 5) is 4.27. The van der Waals surface area contributed by atoms with Crippen molar-refractivity contribution in [3.8, 4) is 0 Å². The second-order valence-corrected chi connectivity index (χ2v) is 7.33. The van der Waals surface area contributed by atoms with Crippen LogP contribution in [0.4, 0.5) is 0 Å². The number of aromatic nitrogens is 1. The molecule has 0 saturated carbocycles. The number of sulfonamides is 1. The van der Waals surface area contributed by atoms with Crippen molar-refractivity contribution >= 4 is 20.8 Å². The number of hydrogen-bond acceptors (Lipinski definition) is 4. The summed E-state index contributed by atoms with van der Waals surface area (Å²) in [6.45, 7) is 4.36. The third-order valence-electron chi connectivity index (χ3n) is 3.24. The van der Waals surface area contributed by atoms with Gasteiger partial charge in [-0.15, -0.1) is 0 Å². The Hall–Kier alpha value is -1.50. The standard InChI is InChI=1S/C15H21N3O2S/c1-11(2)8-13(16)10-18-21(19,20)15-5-3-4-12-9-17-7-6-14(12)15/h3-7,9,11,13,18H,8,10,16H2,1-2H3. The predicted octanol–water partition coefficient (Wildman–Crippen LogP) is 1.89. The number of hydrogen-bond donors (Lipinski definition) is 2. The highest BCUT2D eigenvalue weighted by Crippen LogP contribution is 2.21. The predicted molar refractivity (Wildman–Crippen MR) is 84.4 cm³/mol. The highest BCUT2D eigenvalue weighted by Gasteiger charge is 2.18. The van der Waals surface area contributed by atoms with Gasteiger partial charge < -0.3 is 5.73 Å². The van der Waals surface area contributed by atoms with Gasteiger partial charge in [-0.3, -0.25) is 4.98 Å². The number of fused-ring (bicyclic) bond motifs is 1. The Morgan fingerprint density at radius 2 is 2.05 bits per heavy atom. The van der Waals surface area contributed by atoms with Crippen LogP contribution in [0.15, 0.2) is 41.6 Å². The van der Waals surface area contributed by atoms with Gasteiger partial charge in [-0.1, -0.05) is 26.0 Å². The lowest BCUT2D eigenvalue weighted by atomic mass is 10.1. The van der Waals surface area contributed by atoms with E-state index in [0.717, 1.165) is 11.8 Å². The van der Waals surface area contributed by atoms with Gasteiger partial charge in [0.2, 0.25) is 10.0 Å². The Morgan fingerprint density at radius 1 is 1.29 bits per heavy atom. The van der Waals surface area contributed by atoms with Crippen molar-refractivity contribution in [3.63, 3.8) is 0 Å². The smallest absolute Gasteiger partial charge is 0.241 e. The van der Waals surface area contributed by atoms with E-state index in [0.29, 0.717) is 11.3 Å². The van der Waals surface area contributed by atoms with Crippen molar-refractivity contribution in [3.05, 3.63) is 36.7 Å². The van der Waals surface area contributed by atoms with E-state index in [1.165, 1.54) is 0 Å². The summed E-state index contributed by atoms with van der Waals surface area (Å²) in [5.41, 5.74) is 5.94. The Balaban J connectivity index is 2.22. The molecule has 21 heavy (non-hydrogen) atoms. The molecule has 0 fully saturated rings. The van der Waals surface area contributed by atoms with Crippen LogP contribution < -0.4 is 10.5 Å². The number of nitrogens with two attached hydrogens (primary N) is 1. The van der Waals surface area contributed by atoms with Crippen LogP contribution in [-0.2, 0) is 10.0 Å². The van der Waals surface area contributed by atoms with Crippen LogP contribution in [0.3, 0.4) is 0 Å². The summed E-state index contributed by atoms with van der Waals surface area (Å²) in [6, 6.07) is 6.67. The zero-order chi connectivity index (χ0) is 15.5. The molecule has 1 unspecified atom stereocenters. The molecule has 0 spiro atoms. The molecule has 1 heterocycles. The number of rotatable bonds is 6. The van der Waals surface area contributed by atoms with Crippen LogP contribution in [0.2, 0.25) is 0 Å². The summed E-state index contributed by atoms with van der Waals surface area (Å²) in [5.74, 6) is 0.438. The molecule has 3 N–H and O–H groups in total. The van der Waals surface area contributed by atoms with Gasteiger partial charge in [0.15, 0.2) is 0 Å². The second kappa shape index (κ2) is 6.51. The van der Waals surface area contributed by atoms with E-state index in [2.05, 4.69) is 23.6 Å². The lowest BCUT2D eigenvalue weighted by Crippen LogP contribution is -2.38. The van der Waals surface area contributed by atoms with Gasteiger partial charge in [0.1, 0.15) is 0 Å². The molecule has 6 heteroatoms. The van der Waals surface area contributed by atoms with E-state index in [-0.39, 0.29) is 17.5 Å². The first-order valence-electron chi connectivity index (χ1n) is 6.98. The summed E-state index contributed by atoms with van der Waals surface area (Å²) >= 11 is 0. The van der Waals surface area contributed by atoms with E-state index in [1.807, 2.05) is 6.07 Å². The molecule has 1 aromatic carbocycles. The number of pyridine rings is 1. The fourth-order valence-corrected chi connectivity index (χ4v) is 3.63. The van der Waals surface area contributed by atoms with Crippen molar-refractivity contribution in [1.29, 1.82) is 0 Å². The number of nitrogens with zero attached hydrogens (tertiary/aromatic N) is 1. The fourth-order valence-electron chi connectivity index (χ4n) is 2.31. The van der Waals surface area contributed by atoms with Gasteiger partial charge >= 0.3 is 0 Å². The average molecular weight is 307 g/mol. The quantitative estimate of drug-likeness (QED) is 0.853. The van der Waals surface area contributed by atoms with Crippen molar-refractivity contribution in [2.45, 2.75) is 31.2 Å². The summed E-state index contributed by atoms with van der Waals surface area (Å²) in [6.07, 6.45) is 4.02. The largest absolute Gasteiger partial charge is 0.327 e. The summed E-state index contributed by atoms with van der Waals surface area (Å²) in [7, 11) is -3.58. The number of benzene rings is 1. The van der Waals surface area contributed by atoms with Crippen molar-refractivity contribution in [2.24, 2.45) is 11.7 Å². The van der Waals surface area contributed by atoms with E-state index < -0.39 is 10.0 Å². The summed E-state index contributed by atoms with van der Waals surface area (Å²) in [5, 5.41) is 1.46. The molecule has 5 nitrogen and oxygen atoms in total. The van der Waals surface area contributed by atoms with Gasteiger partial charge in [-0.2, -0.15) is 0 Å². The number of nitrogens with one attached hydrogen (secondary N) is 1. The first-order chi connectivity index (χ1) is 9.90. The van der Waals surface area contributed by atoms with Crippen LogP contribution in [0.5, 0.6) is 0 Å². The van der Waals surface area contributed by atoms with Crippen LogP contribution in [-0.4, -0.2) is 26.0 Å². The van der Waals surface area contributed by atoms with E-state index in [1.54, 1.807) is 30.6 Å². The van der Waals surface area contributed by atoms with Gasteiger partial charge in [-0.05, 0) is 24.5 Å². The van der Waals surface area contributed by atoms with Crippen LogP contribution in [0, 0.1) is 5.92 Å². The molecule has 0 aliphatic heterocycles. The molecule has 1 atom stereocenters. The van der Waals surface area contributed by atoms with Gasteiger partial charge in [0.25, 0.3) is 0 Å². The zero-order valence-electron chi connectivity index (χ0n) is 12.3. The Kier molecular flexibility index (Phi) is 4.92.